The molecule has 0 bridgehead atoms. The van der Waals surface area contributed by atoms with E-state index in [2.05, 4.69) is 33.9 Å². The van der Waals surface area contributed by atoms with Gasteiger partial charge in [-0.3, -0.25) is 4.90 Å². The molecule has 2 atom stereocenters. The predicted molar refractivity (Wildman–Crippen MR) is 83.7 cm³/mol. The zero-order chi connectivity index (χ0) is 14.8. The van der Waals surface area contributed by atoms with Gasteiger partial charge in [0.15, 0.2) is 11.5 Å². The molecule has 1 fully saturated rings. The molecule has 2 unspecified atom stereocenters. The Morgan fingerprint density at radius 2 is 2.29 bits per heavy atom. The summed E-state index contributed by atoms with van der Waals surface area (Å²) >= 11 is 3.54. The Bertz CT molecular complexity index is 506. The highest BCUT2D eigenvalue weighted by molar-refractivity contribution is 9.10. The van der Waals surface area contributed by atoms with Crippen LogP contribution < -0.4 is 15.2 Å². The number of likely N-dealkylation sites (N-methyl/N-ethyl adjacent to an activating group) is 1. The Kier molecular flexibility index (Phi) is 4.69. The van der Waals surface area contributed by atoms with Crippen molar-refractivity contribution in [2.75, 3.05) is 33.5 Å². The van der Waals surface area contributed by atoms with E-state index in [1.807, 2.05) is 6.07 Å². The summed E-state index contributed by atoms with van der Waals surface area (Å²) in [5, 5.41) is 0. The summed E-state index contributed by atoms with van der Waals surface area (Å²) < 4.78 is 17.6. The van der Waals surface area contributed by atoms with Gasteiger partial charge in [0.1, 0.15) is 0 Å². The van der Waals surface area contributed by atoms with Crippen LogP contribution in [0.5, 0.6) is 11.5 Å². The van der Waals surface area contributed by atoms with Gasteiger partial charge < -0.3 is 19.9 Å². The lowest BCUT2D eigenvalue weighted by molar-refractivity contribution is 0.0689. The molecular formula is C15H21BrN2O3. The van der Waals surface area contributed by atoms with Crippen LogP contribution in [0.4, 0.5) is 0 Å². The number of benzene rings is 1. The standard InChI is InChI=1S/C15H21BrN2O3/c1-18(8-11-3-2-4-19-11)13(7-17)10-5-12(16)15-14(6-10)20-9-21-15/h5-6,11,13H,2-4,7-9,17H2,1H3. The number of halogens is 1. The second-order valence-electron chi connectivity index (χ2n) is 5.56. The first-order valence-electron chi connectivity index (χ1n) is 7.30. The van der Waals surface area contributed by atoms with Crippen LogP contribution in [0, 0.1) is 0 Å². The van der Waals surface area contributed by atoms with Crippen LogP contribution in [0.15, 0.2) is 16.6 Å². The second-order valence-corrected chi connectivity index (χ2v) is 6.42. The van der Waals surface area contributed by atoms with Gasteiger partial charge in [-0.2, -0.15) is 0 Å². The largest absolute Gasteiger partial charge is 0.454 e. The van der Waals surface area contributed by atoms with Gasteiger partial charge >= 0.3 is 0 Å². The first kappa shape index (κ1) is 15.1. The van der Waals surface area contributed by atoms with Crippen molar-refractivity contribution in [3.63, 3.8) is 0 Å². The molecule has 1 saturated heterocycles. The van der Waals surface area contributed by atoms with Gasteiger partial charge in [0, 0.05) is 25.7 Å². The predicted octanol–water partition coefficient (Wildman–Crippen LogP) is 2.29. The molecule has 0 aliphatic carbocycles. The SMILES string of the molecule is CN(CC1CCCO1)C(CN)c1cc(Br)c2c(c1)OCO2. The number of nitrogens with two attached hydrogens (primary N) is 1. The van der Waals surface area contributed by atoms with Crippen LogP contribution in [0.25, 0.3) is 0 Å². The molecule has 3 rings (SSSR count). The lowest BCUT2D eigenvalue weighted by atomic mass is 10.0. The maximum Gasteiger partial charge on any atom is 0.231 e. The summed E-state index contributed by atoms with van der Waals surface area (Å²) in [6.07, 6.45) is 2.61. The van der Waals surface area contributed by atoms with Crippen LogP contribution in [-0.2, 0) is 4.74 Å². The number of fused-ring (bicyclic) bond motifs is 1. The van der Waals surface area contributed by atoms with Gasteiger partial charge in [0.25, 0.3) is 0 Å². The fourth-order valence-electron chi connectivity index (χ4n) is 2.99. The van der Waals surface area contributed by atoms with Gasteiger partial charge in [-0.15, -0.1) is 0 Å². The third-order valence-electron chi connectivity index (χ3n) is 4.11. The first-order valence-corrected chi connectivity index (χ1v) is 8.09. The number of hydrogen-bond acceptors (Lipinski definition) is 5. The maximum absolute atomic E-state index is 6.01. The van der Waals surface area contributed by atoms with E-state index in [4.69, 9.17) is 19.9 Å². The van der Waals surface area contributed by atoms with E-state index in [0.29, 0.717) is 12.6 Å². The summed E-state index contributed by atoms with van der Waals surface area (Å²) in [7, 11) is 2.09. The summed E-state index contributed by atoms with van der Waals surface area (Å²) in [6, 6.07) is 4.23. The van der Waals surface area contributed by atoms with Crippen molar-refractivity contribution in [1.82, 2.24) is 4.90 Å². The number of nitrogens with zero attached hydrogens (tertiary/aromatic N) is 1. The first-order chi connectivity index (χ1) is 10.2. The van der Waals surface area contributed by atoms with Gasteiger partial charge in [-0.1, -0.05) is 0 Å². The topological polar surface area (TPSA) is 57.0 Å². The summed E-state index contributed by atoms with van der Waals surface area (Å²) in [5.41, 5.74) is 7.14. The molecule has 5 nitrogen and oxygen atoms in total. The van der Waals surface area contributed by atoms with Crippen molar-refractivity contribution in [2.45, 2.75) is 25.0 Å². The molecule has 1 aromatic carbocycles. The molecule has 116 valence electrons. The number of rotatable bonds is 5. The molecule has 6 heteroatoms. The minimum atomic E-state index is 0.139. The molecule has 0 radical (unpaired) electrons. The monoisotopic (exact) mass is 356 g/mol. The Morgan fingerprint density at radius 1 is 1.43 bits per heavy atom. The van der Waals surface area contributed by atoms with E-state index in [0.717, 1.165) is 47.5 Å². The Morgan fingerprint density at radius 3 is 3.00 bits per heavy atom. The zero-order valence-corrected chi connectivity index (χ0v) is 13.8. The third-order valence-corrected chi connectivity index (χ3v) is 4.69. The minimum Gasteiger partial charge on any atom is -0.454 e. The number of hydrogen-bond donors (Lipinski definition) is 1. The van der Waals surface area contributed by atoms with Crippen LogP contribution >= 0.6 is 15.9 Å². The van der Waals surface area contributed by atoms with Crippen LogP contribution in [0.1, 0.15) is 24.4 Å². The zero-order valence-electron chi connectivity index (χ0n) is 12.2. The highest BCUT2D eigenvalue weighted by Crippen LogP contribution is 2.41. The molecular weight excluding hydrogens is 336 g/mol. The van der Waals surface area contributed by atoms with Crippen molar-refractivity contribution in [3.8, 4) is 11.5 Å². The Labute approximate surface area is 133 Å². The van der Waals surface area contributed by atoms with E-state index in [1.165, 1.54) is 0 Å². The van der Waals surface area contributed by atoms with Gasteiger partial charge in [0.05, 0.1) is 10.6 Å². The van der Waals surface area contributed by atoms with E-state index in [1.54, 1.807) is 0 Å². The summed E-state index contributed by atoms with van der Waals surface area (Å²) in [5.74, 6) is 1.56. The van der Waals surface area contributed by atoms with Crippen LogP contribution in [-0.4, -0.2) is 44.5 Å². The average molecular weight is 357 g/mol. The van der Waals surface area contributed by atoms with E-state index in [-0.39, 0.29) is 12.8 Å². The van der Waals surface area contributed by atoms with Gasteiger partial charge in [-0.25, -0.2) is 0 Å². The molecule has 1 aromatic rings. The average Bonchev–Trinajstić information content (AvgIpc) is 3.10. The molecule has 2 aliphatic heterocycles. The Hall–Kier alpha value is -0.820. The molecule has 2 heterocycles. The molecule has 0 amide bonds. The maximum atomic E-state index is 6.01. The molecule has 2 N–H and O–H groups in total. The van der Waals surface area contributed by atoms with E-state index < -0.39 is 0 Å². The van der Waals surface area contributed by atoms with E-state index >= 15 is 0 Å². The van der Waals surface area contributed by atoms with E-state index in [9.17, 15) is 0 Å². The molecule has 0 saturated carbocycles. The quantitative estimate of drug-likeness (QED) is 0.876. The second kappa shape index (κ2) is 6.52. The lowest BCUT2D eigenvalue weighted by Crippen LogP contribution is -2.36. The van der Waals surface area contributed by atoms with Gasteiger partial charge in [-0.05, 0) is 53.5 Å². The normalized spacial score (nSPS) is 22.0. The minimum absolute atomic E-state index is 0.139. The van der Waals surface area contributed by atoms with Crippen molar-refractivity contribution in [1.29, 1.82) is 0 Å². The van der Waals surface area contributed by atoms with Crippen molar-refractivity contribution < 1.29 is 14.2 Å². The van der Waals surface area contributed by atoms with Crippen LogP contribution in [0.3, 0.4) is 0 Å². The highest BCUT2D eigenvalue weighted by atomic mass is 79.9. The van der Waals surface area contributed by atoms with Gasteiger partial charge in [0.2, 0.25) is 6.79 Å². The highest BCUT2D eigenvalue weighted by Gasteiger charge is 2.25. The summed E-state index contributed by atoms with van der Waals surface area (Å²) in [4.78, 5) is 2.26. The fourth-order valence-corrected chi connectivity index (χ4v) is 3.56. The number of ether oxygens (including phenoxy) is 3. The van der Waals surface area contributed by atoms with Crippen molar-refractivity contribution >= 4 is 15.9 Å². The Balaban J connectivity index is 1.77. The molecule has 0 aromatic heterocycles. The summed E-state index contributed by atoms with van der Waals surface area (Å²) in [6.45, 7) is 2.60. The third kappa shape index (κ3) is 3.18. The van der Waals surface area contributed by atoms with Crippen LogP contribution in [0.2, 0.25) is 0 Å². The lowest BCUT2D eigenvalue weighted by Gasteiger charge is -2.29. The fraction of sp³-hybridized carbons (Fsp3) is 0.600. The van der Waals surface area contributed by atoms with Crippen molar-refractivity contribution in [3.05, 3.63) is 22.2 Å². The van der Waals surface area contributed by atoms with Crippen molar-refractivity contribution in [2.24, 2.45) is 5.73 Å². The molecule has 21 heavy (non-hydrogen) atoms. The smallest absolute Gasteiger partial charge is 0.231 e. The molecule has 2 aliphatic rings. The molecule has 0 spiro atoms.